The number of benzene rings is 1. The number of hydrogen-bond donors (Lipinski definition) is 1. The van der Waals surface area contributed by atoms with Crippen LogP contribution >= 0.6 is 11.3 Å². The number of rotatable bonds is 7. The number of piperidine rings is 2. The number of likely N-dealkylation sites (tertiary alicyclic amines) is 1. The Kier molecular flexibility index (Phi) is 7.45. The van der Waals surface area contributed by atoms with Crippen LogP contribution in [0.1, 0.15) is 55.1 Å². The molecule has 4 rings (SSSR count). The van der Waals surface area contributed by atoms with Crippen LogP contribution in [0.5, 0.6) is 0 Å². The molecule has 0 bridgehead atoms. The highest BCUT2D eigenvalue weighted by Crippen LogP contribution is 2.40. The van der Waals surface area contributed by atoms with Crippen molar-refractivity contribution in [3.63, 3.8) is 0 Å². The monoisotopic (exact) mass is 425 g/mol. The zero-order chi connectivity index (χ0) is 20.8. The van der Waals surface area contributed by atoms with Crippen LogP contribution in [0.15, 0.2) is 36.4 Å². The fourth-order valence-electron chi connectivity index (χ4n) is 4.73. The summed E-state index contributed by atoms with van der Waals surface area (Å²) in [5, 5.41) is 4.43. The third-order valence-corrected chi connectivity index (χ3v) is 7.54. The molecule has 0 radical (unpaired) electrons. The molecule has 4 nitrogen and oxygen atoms in total. The second kappa shape index (κ2) is 10.5. The van der Waals surface area contributed by atoms with Gasteiger partial charge in [-0.25, -0.2) is 0 Å². The van der Waals surface area contributed by atoms with E-state index in [0.29, 0.717) is 0 Å². The number of amides is 1. The standard InChI is InChI=1S/C25H35N3OS/c1-20-10-8-14-27(19-20)15-9-13-26-24(29)23-18-22(21-11-4-2-5-12-21)25(30-23)28-16-6-3-7-17-28/h2,4-5,11-12,18,20H,3,6-10,13-17,19H2,1H3,(H,26,29)/t20-/m1/s1. The lowest BCUT2D eigenvalue weighted by Crippen LogP contribution is -2.36. The zero-order valence-corrected chi connectivity index (χ0v) is 19.1. The van der Waals surface area contributed by atoms with Gasteiger partial charge in [-0.1, -0.05) is 37.3 Å². The van der Waals surface area contributed by atoms with Gasteiger partial charge in [0, 0.05) is 31.7 Å². The maximum atomic E-state index is 12.9. The molecule has 1 N–H and O–H groups in total. The third-order valence-electron chi connectivity index (χ3n) is 6.34. The predicted molar refractivity (Wildman–Crippen MR) is 128 cm³/mol. The first-order valence-electron chi connectivity index (χ1n) is 11.7. The minimum Gasteiger partial charge on any atom is -0.363 e. The Morgan fingerprint density at radius 3 is 2.67 bits per heavy atom. The fraction of sp³-hybridized carbons (Fsp3) is 0.560. The van der Waals surface area contributed by atoms with Crippen LogP contribution in [0.25, 0.3) is 11.1 Å². The topological polar surface area (TPSA) is 35.6 Å². The van der Waals surface area contributed by atoms with Crippen molar-refractivity contribution in [2.45, 2.75) is 45.4 Å². The number of carbonyl (C=O) groups is 1. The molecule has 2 aliphatic rings. The van der Waals surface area contributed by atoms with Crippen molar-refractivity contribution in [1.82, 2.24) is 10.2 Å². The van der Waals surface area contributed by atoms with Gasteiger partial charge in [-0.15, -0.1) is 11.3 Å². The predicted octanol–water partition coefficient (Wildman–Crippen LogP) is 5.26. The molecule has 1 aromatic carbocycles. The minimum atomic E-state index is 0.0763. The van der Waals surface area contributed by atoms with Crippen molar-refractivity contribution in [3.05, 3.63) is 41.3 Å². The summed E-state index contributed by atoms with van der Waals surface area (Å²) in [7, 11) is 0. The molecule has 2 fully saturated rings. The summed E-state index contributed by atoms with van der Waals surface area (Å²) < 4.78 is 0. The van der Waals surface area contributed by atoms with Crippen LogP contribution in [-0.2, 0) is 0 Å². The minimum absolute atomic E-state index is 0.0763. The summed E-state index contributed by atoms with van der Waals surface area (Å²) in [5.41, 5.74) is 2.41. The van der Waals surface area contributed by atoms with E-state index in [1.54, 1.807) is 11.3 Å². The Bertz CT molecular complexity index is 813. The highest BCUT2D eigenvalue weighted by Gasteiger charge is 2.22. The molecule has 0 spiro atoms. The van der Waals surface area contributed by atoms with Crippen LogP contribution in [0.4, 0.5) is 5.00 Å². The largest absolute Gasteiger partial charge is 0.363 e. The maximum absolute atomic E-state index is 12.9. The first kappa shape index (κ1) is 21.4. The van der Waals surface area contributed by atoms with Gasteiger partial charge in [0.1, 0.15) is 0 Å². The van der Waals surface area contributed by atoms with Crippen molar-refractivity contribution in [2.24, 2.45) is 5.92 Å². The maximum Gasteiger partial charge on any atom is 0.261 e. The van der Waals surface area contributed by atoms with Crippen molar-refractivity contribution < 1.29 is 4.79 Å². The second-order valence-corrected chi connectivity index (χ2v) is 9.93. The molecule has 2 aromatic rings. The van der Waals surface area contributed by atoms with Crippen LogP contribution < -0.4 is 10.2 Å². The number of nitrogens with zero attached hydrogens (tertiary/aromatic N) is 2. The number of thiophene rings is 1. The molecule has 1 aromatic heterocycles. The summed E-state index contributed by atoms with van der Waals surface area (Å²) in [6.45, 7) is 8.78. The van der Waals surface area contributed by atoms with E-state index in [1.165, 1.54) is 61.3 Å². The lowest BCUT2D eigenvalue weighted by Gasteiger charge is -2.30. The van der Waals surface area contributed by atoms with Gasteiger partial charge in [0.25, 0.3) is 5.91 Å². The van der Waals surface area contributed by atoms with Crippen LogP contribution in [-0.4, -0.2) is 50.1 Å². The Balaban J connectivity index is 1.39. The molecule has 3 heterocycles. The molecule has 162 valence electrons. The summed E-state index contributed by atoms with van der Waals surface area (Å²) in [5.74, 6) is 0.886. The lowest BCUT2D eigenvalue weighted by atomic mass is 10.0. The molecule has 2 aliphatic heterocycles. The first-order chi connectivity index (χ1) is 14.7. The van der Waals surface area contributed by atoms with Gasteiger partial charge in [-0.05, 0) is 69.2 Å². The van der Waals surface area contributed by atoms with Gasteiger partial charge in [0.05, 0.1) is 9.88 Å². The van der Waals surface area contributed by atoms with E-state index in [4.69, 9.17) is 0 Å². The SMILES string of the molecule is C[C@@H]1CCCN(CCCNC(=O)c2cc(-c3ccccc3)c(N3CCCCC3)s2)C1. The molecule has 0 aliphatic carbocycles. The molecule has 2 saturated heterocycles. The molecule has 0 saturated carbocycles. The molecule has 1 atom stereocenters. The van der Waals surface area contributed by atoms with Crippen LogP contribution in [0.2, 0.25) is 0 Å². The average Bonchev–Trinajstić information content (AvgIpc) is 3.24. The highest BCUT2D eigenvalue weighted by atomic mass is 32.1. The van der Waals surface area contributed by atoms with E-state index in [9.17, 15) is 4.79 Å². The van der Waals surface area contributed by atoms with Crippen LogP contribution in [0, 0.1) is 5.92 Å². The van der Waals surface area contributed by atoms with Crippen molar-refractivity contribution in [3.8, 4) is 11.1 Å². The third kappa shape index (κ3) is 5.44. The molecule has 0 unspecified atom stereocenters. The molecule has 30 heavy (non-hydrogen) atoms. The first-order valence-corrected chi connectivity index (χ1v) is 12.5. The normalized spacial score (nSPS) is 20.3. The van der Waals surface area contributed by atoms with E-state index in [0.717, 1.165) is 43.4 Å². The van der Waals surface area contributed by atoms with E-state index < -0.39 is 0 Å². The van der Waals surface area contributed by atoms with Gasteiger partial charge in [0.15, 0.2) is 0 Å². The van der Waals surface area contributed by atoms with E-state index in [-0.39, 0.29) is 5.91 Å². The lowest BCUT2D eigenvalue weighted by molar-refractivity contribution is 0.0954. The van der Waals surface area contributed by atoms with Crippen molar-refractivity contribution >= 4 is 22.2 Å². The Hall–Kier alpha value is -1.85. The molecule has 1 amide bonds. The van der Waals surface area contributed by atoms with Gasteiger partial charge in [-0.3, -0.25) is 4.79 Å². The van der Waals surface area contributed by atoms with Crippen molar-refractivity contribution in [1.29, 1.82) is 0 Å². The van der Waals surface area contributed by atoms with Gasteiger partial charge < -0.3 is 15.1 Å². The summed E-state index contributed by atoms with van der Waals surface area (Å²) >= 11 is 1.66. The van der Waals surface area contributed by atoms with E-state index in [1.807, 2.05) is 6.07 Å². The number of anilines is 1. The Morgan fingerprint density at radius 2 is 1.90 bits per heavy atom. The molecular weight excluding hydrogens is 390 g/mol. The summed E-state index contributed by atoms with van der Waals surface area (Å²) in [4.78, 5) is 18.8. The smallest absolute Gasteiger partial charge is 0.261 e. The van der Waals surface area contributed by atoms with Gasteiger partial charge in [0.2, 0.25) is 0 Å². The number of carbonyl (C=O) groups excluding carboxylic acids is 1. The van der Waals surface area contributed by atoms with Crippen LogP contribution in [0.3, 0.4) is 0 Å². The molecular formula is C25H35N3OS. The van der Waals surface area contributed by atoms with E-state index in [2.05, 4.69) is 52.4 Å². The summed E-state index contributed by atoms with van der Waals surface area (Å²) in [6.07, 6.45) is 7.48. The Morgan fingerprint density at radius 1 is 1.10 bits per heavy atom. The van der Waals surface area contributed by atoms with Gasteiger partial charge >= 0.3 is 0 Å². The average molecular weight is 426 g/mol. The summed E-state index contributed by atoms with van der Waals surface area (Å²) in [6, 6.07) is 12.6. The zero-order valence-electron chi connectivity index (χ0n) is 18.2. The second-order valence-electron chi connectivity index (χ2n) is 8.90. The van der Waals surface area contributed by atoms with Gasteiger partial charge in [-0.2, -0.15) is 0 Å². The van der Waals surface area contributed by atoms with Crippen molar-refractivity contribution in [2.75, 3.05) is 44.2 Å². The number of nitrogens with one attached hydrogen (secondary N) is 1. The fourth-order valence-corrected chi connectivity index (χ4v) is 5.88. The Labute approximate surface area is 185 Å². The quantitative estimate of drug-likeness (QED) is 0.615. The van der Waals surface area contributed by atoms with E-state index >= 15 is 0 Å². The highest BCUT2D eigenvalue weighted by molar-refractivity contribution is 7.18. The molecule has 5 heteroatoms. The number of hydrogen-bond acceptors (Lipinski definition) is 4.